The van der Waals surface area contributed by atoms with Gasteiger partial charge in [0.25, 0.3) is 0 Å². The van der Waals surface area contributed by atoms with Crippen LogP contribution in [0.1, 0.15) is 26.2 Å². The van der Waals surface area contributed by atoms with Crippen molar-refractivity contribution in [1.29, 1.82) is 5.26 Å². The Balaban J connectivity index is 2.12. The van der Waals surface area contributed by atoms with Crippen molar-refractivity contribution in [3.8, 4) is 6.07 Å². The zero-order valence-electron chi connectivity index (χ0n) is 8.66. The average molecular weight is 198 g/mol. The number of rotatable bonds is 4. The number of ether oxygens (including phenoxy) is 2. The predicted molar refractivity (Wildman–Crippen MR) is 52.6 cm³/mol. The zero-order chi connectivity index (χ0) is 10.4. The molecule has 0 spiro atoms. The zero-order valence-corrected chi connectivity index (χ0v) is 8.66. The Kier molecular flexibility index (Phi) is 4.33. The first-order valence-corrected chi connectivity index (χ1v) is 5.03. The summed E-state index contributed by atoms with van der Waals surface area (Å²) in [4.78, 5) is 0. The Hall–Kier alpha value is -0.630. The van der Waals surface area contributed by atoms with Crippen molar-refractivity contribution >= 4 is 0 Å². The summed E-state index contributed by atoms with van der Waals surface area (Å²) >= 11 is 0. The van der Waals surface area contributed by atoms with Crippen molar-refractivity contribution in [3.63, 3.8) is 0 Å². The Bertz CT molecular complexity index is 205. The molecule has 80 valence electrons. The van der Waals surface area contributed by atoms with E-state index in [1.165, 1.54) is 6.42 Å². The van der Waals surface area contributed by atoms with Crippen LogP contribution in [0.4, 0.5) is 0 Å². The molecule has 14 heavy (non-hydrogen) atoms. The minimum Gasteiger partial charge on any atom is -0.376 e. The first-order chi connectivity index (χ1) is 6.64. The molecule has 1 aliphatic heterocycles. The summed E-state index contributed by atoms with van der Waals surface area (Å²) in [5, 5.41) is 8.64. The minimum atomic E-state index is -0.880. The van der Waals surface area contributed by atoms with Crippen LogP contribution in [0.5, 0.6) is 0 Å². The molecule has 1 saturated heterocycles. The summed E-state index contributed by atoms with van der Waals surface area (Å²) in [7, 11) is 0. The van der Waals surface area contributed by atoms with Gasteiger partial charge in [0.15, 0.2) is 0 Å². The molecule has 0 aliphatic carbocycles. The van der Waals surface area contributed by atoms with E-state index in [0.717, 1.165) is 19.4 Å². The molecule has 0 radical (unpaired) electrons. The van der Waals surface area contributed by atoms with Crippen molar-refractivity contribution in [2.75, 3.05) is 19.8 Å². The number of hydrogen-bond acceptors (Lipinski definition) is 4. The van der Waals surface area contributed by atoms with Gasteiger partial charge in [0.2, 0.25) is 0 Å². The summed E-state index contributed by atoms with van der Waals surface area (Å²) < 4.78 is 10.8. The highest BCUT2D eigenvalue weighted by atomic mass is 16.5. The van der Waals surface area contributed by atoms with Gasteiger partial charge in [-0.2, -0.15) is 5.26 Å². The lowest BCUT2D eigenvalue weighted by Crippen LogP contribution is -2.40. The molecule has 0 aromatic rings. The van der Waals surface area contributed by atoms with Crippen LogP contribution in [0.25, 0.3) is 0 Å². The Morgan fingerprint density at radius 1 is 1.64 bits per heavy atom. The lowest BCUT2D eigenvalue weighted by Gasteiger charge is -2.23. The monoisotopic (exact) mass is 198 g/mol. The lowest BCUT2D eigenvalue weighted by molar-refractivity contribution is -0.0451. The van der Waals surface area contributed by atoms with Crippen LogP contribution < -0.4 is 5.73 Å². The van der Waals surface area contributed by atoms with Crippen molar-refractivity contribution < 1.29 is 9.47 Å². The van der Waals surface area contributed by atoms with Crippen LogP contribution in [0.3, 0.4) is 0 Å². The van der Waals surface area contributed by atoms with E-state index in [1.54, 1.807) is 6.92 Å². The summed E-state index contributed by atoms with van der Waals surface area (Å²) in [6.07, 6.45) is 3.58. The van der Waals surface area contributed by atoms with Gasteiger partial charge in [0, 0.05) is 6.61 Å². The molecule has 1 rings (SSSR count). The maximum atomic E-state index is 8.64. The molecule has 1 fully saturated rings. The van der Waals surface area contributed by atoms with Gasteiger partial charge in [-0.3, -0.25) is 0 Å². The van der Waals surface area contributed by atoms with Gasteiger partial charge in [0.1, 0.15) is 5.54 Å². The summed E-state index contributed by atoms with van der Waals surface area (Å²) in [6, 6.07) is 1.99. The van der Waals surface area contributed by atoms with E-state index in [9.17, 15) is 0 Å². The topological polar surface area (TPSA) is 68.3 Å². The van der Waals surface area contributed by atoms with Gasteiger partial charge in [0.05, 0.1) is 25.4 Å². The summed E-state index contributed by atoms with van der Waals surface area (Å²) in [5.74, 6) is 0. The number of nitriles is 1. The third kappa shape index (κ3) is 4.05. The van der Waals surface area contributed by atoms with Crippen LogP contribution in [-0.4, -0.2) is 31.5 Å². The van der Waals surface area contributed by atoms with Crippen molar-refractivity contribution in [2.45, 2.75) is 37.8 Å². The Morgan fingerprint density at radius 2 is 2.43 bits per heavy atom. The second-order valence-electron chi connectivity index (χ2n) is 4.03. The summed E-state index contributed by atoms with van der Waals surface area (Å²) in [5.41, 5.74) is 4.72. The van der Waals surface area contributed by atoms with E-state index in [2.05, 4.69) is 0 Å². The molecule has 2 unspecified atom stereocenters. The maximum absolute atomic E-state index is 8.64. The largest absolute Gasteiger partial charge is 0.376 e. The smallest absolute Gasteiger partial charge is 0.124 e. The molecule has 0 saturated carbocycles. The van der Waals surface area contributed by atoms with E-state index in [4.69, 9.17) is 20.5 Å². The van der Waals surface area contributed by atoms with E-state index in [1.807, 2.05) is 6.07 Å². The van der Waals surface area contributed by atoms with Gasteiger partial charge in [-0.1, -0.05) is 0 Å². The fourth-order valence-electron chi connectivity index (χ4n) is 1.37. The highest BCUT2D eigenvalue weighted by Crippen LogP contribution is 2.13. The van der Waals surface area contributed by atoms with Crippen LogP contribution in [-0.2, 0) is 9.47 Å². The first-order valence-electron chi connectivity index (χ1n) is 5.03. The highest BCUT2D eigenvalue weighted by Gasteiger charge is 2.19. The number of hydrogen-bond donors (Lipinski definition) is 1. The van der Waals surface area contributed by atoms with Gasteiger partial charge in [-0.15, -0.1) is 0 Å². The SMILES string of the molecule is CC(N)(C#N)COCC1CCCCO1. The van der Waals surface area contributed by atoms with E-state index >= 15 is 0 Å². The molecule has 4 nitrogen and oxygen atoms in total. The van der Waals surface area contributed by atoms with Gasteiger partial charge < -0.3 is 15.2 Å². The molecular formula is C10H18N2O2. The molecule has 4 heteroatoms. The third-order valence-corrected chi connectivity index (χ3v) is 2.24. The lowest BCUT2D eigenvalue weighted by atomic mass is 10.1. The highest BCUT2D eigenvalue weighted by molar-refractivity contribution is 5.00. The second-order valence-corrected chi connectivity index (χ2v) is 4.03. The Morgan fingerprint density at radius 3 is 3.00 bits per heavy atom. The normalized spacial score (nSPS) is 26.5. The van der Waals surface area contributed by atoms with Crippen LogP contribution in [0.2, 0.25) is 0 Å². The average Bonchev–Trinajstić information content (AvgIpc) is 2.19. The van der Waals surface area contributed by atoms with Crippen LogP contribution in [0, 0.1) is 11.3 Å². The molecule has 1 aliphatic rings. The van der Waals surface area contributed by atoms with Gasteiger partial charge >= 0.3 is 0 Å². The van der Waals surface area contributed by atoms with Crippen LogP contribution in [0.15, 0.2) is 0 Å². The van der Waals surface area contributed by atoms with E-state index in [-0.39, 0.29) is 12.7 Å². The fourth-order valence-corrected chi connectivity index (χ4v) is 1.37. The quantitative estimate of drug-likeness (QED) is 0.726. The van der Waals surface area contributed by atoms with Crippen LogP contribution >= 0.6 is 0 Å². The predicted octanol–water partition coefficient (Wildman–Crippen LogP) is 0.813. The van der Waals surface area contributed by atoms with E-state index < -0.39 is 5.54 Å². The van der Waals surface area contributed by atoms with Crippen molar-refractivity contribution in [3.05, 3.63) is 0 Å². The summed E-state index contributed by atoms with van der Waals surface area (Å²) in [6.45, 7) is 3.30. The van der Waals surface area contributed by atoms with E-state index in [0.29, 0.717) is 6.61 Å². The molecule has 0 amide bonds. The number of nitrogens with two attached hydrogens (primary N) is 1. The fraction of sp³-hybridized carbons (Fsp3) is 0.900. The van der Waals surface area contributed by atoms with Gasteiger partial charge in [-0.25, -0.2) is 0 Å². The minimum absolute atomic E-state index is 0.193. The molecule has 0 aromatic carbocycles. The number of nitrogens with zero attached hydrogens (tertiary/aromatic N) is 1. The van der Waals surface area contributed by atoms with Gasteiger partial charge in [-0.05, 0) is 26.2 Å². The molecule has 2 N–H and O–H groups in total. The van der Waals surface area contributed by atoms with Crippen molar-refractivity contribution in [2.24, 2.45) is 5.73 Å². The second kappa shape index (κ2) is 5.30. The maximum Gasteiger partial charge on any atom is 0.124 e. The molecule has 2 atom stereocenters. The molecule has 0 bridgehead atoms. The Labute approximate surface area is 85.0 Å². The molecule has 0 aromatic heterocycles. The molecule has 1 heterocycles. The third-order valence-electron chi connectivity index (χ3n) is 2.24. The standard InChI is InChI=1S/C10H18N2O2/c1-10(12,7-11)8-13-6-9-4-2-3-5-14-9/h9H,2-6,8,12H2,1H3. The van der Waals surface area contributed by atoms with Crippen molar-refractivity contribution in [1.82, 2.24) is 0 Å². The first kappa shape index (κ1) is 11.4. The molecular weight excluding hydrogens is 180 g/mol.